The number of hydrogen-bond donors (Lipinski definition) is 0. The molecule has 158 valence electrons. The fourth-order valence-electron chi connectivity index (χ4n) is 3.77. The van der Waals surface area contributed by atoms with Crippen molar-refractivity contribution in [3.63, 3.8) is 0 Å². The van der Waals surface area contributed by atoms with Crippen molar-refractivity contribution < 1.29 is 9.15 Å². The number of anilines is 1. The van der Waals surface area contributed by atoms with Crippen LogP contribution in [0.3, 0.4) is 0 Å². The van der Waals surface area contributed by atoms with Crippen LogP contribution in [0.4, 0.5) is 5.82 Å². The molecule has 0 atom stereocenters. The summed E-state index contributed by atoms with van der Waals surface area (Å²) in [7, 11) is 0. The molecule has 0 bridgehead atoms. The SMILES string of the molecule is c1ccc(-c2nnc(-c3cc(N4CCOCC4)n4nc(-c5ccncc5)cc4n3)o2)cc1. The second-order valence-electron chi connectivity index (χ2n) is 7.41. The van der Waals surface area contributed by atoms with E-state index in [2.05, 4.69) is 20.1 Å². The Morgan fingerprint density at radius 3 is 2.38 bits per heavy atom. The third-order valence-electron chi connectivity index (χ3n) is 5.38. The lowest BCUT2D eigenvalue weighted by Gasteiger charge is -2.28. The maximum Gasteiger partial charge on any atom is 0.266 e. The minimum Gasteiger partial charge on any atom is -0.415 e. The molecule has 5 aromatic rings. The van der Waals surface area contributed by atoms with Crippen molar-refractivity contribution in [1.29, 1.82) is 0 Å². The highest BCUT2D eigenvalue weighted by atomic mass is 16.5. The van der Waals surface area contributed by atoms with E-state index in [1.54, 1.807) is 12.4 Å². The lowest BCUT2D eigenvalue weighted by Crippen LogP contribution is -2.37. The van der Waals surface area contributed by atoms with Crippen LogP contribution in [-0.2, 0) is 4.74 Å². The van der Waals surface area contributed by atoms with Gasteiger partial charge in [0.25, 0.3) is 5.89 Å². The third kappa shape index (κ3) is 3.38. The number of aromatic nitrogens is 6. The van der Waals surface area contributed by atoms with Gasteiger partial charge >= 0.3 is 0 Å². The van der Waals surface area contributed by atoms with Crippen molar-refractivity contribution in [1.82, 2.24) is 29.8 Å². The van der Waals surface area contributed by atoms with Crippen molar-refractivity contribution in [2.45, 2.75) is 0 Å². The highest BCUT2D eigenvalue weighted by Crippen LogP contribution is 2.29. The summed E-state index contributed by atoms with van der Waals surface area (Å²) in [5.74, 6) is 1.74. The number of ether oxygens (including phenoxy) is 1. The summed E-state index contributed by atoms with van der Waals surface area (Å²) in [6.07, 6.45) is 3.51. The number of nitrogens with zero attached hydrogens (tertiary/aromatic N) is 7. The zero-order valence-electron chi connectivity index (χ0n) is 17.1. The molecule has 5 heterocycles. The normalized spacial score (nSPS) is 14.2. The van der Waals surface area contributed by atoms with Crippen LogP contribution in [0.25, 0.3) is 39.9 Å². The second-order valence-corrected chi connectivity index (χ2v) is 7.41. The van der Waals surface area contributed by atoms with Crippen molar-refractivity contribution in [2.75, 3.05) is 31.2 Å². The van der Waals surface area contributed by atoms with Gasteiger partial charge in [0.15, 0.2) is 5.65 Å². The molecule has 1 aromatic carbocycles. The highest BCUT2D eigenvalue weighted by Gasteiger charge is 2.21. The van der Waals surface area contributed by atoms with Crippen LogP contribution in [0.5, 0.6) is 0 Å². The monoisotopic (exact) mass is 425 g/mol. The summed E-state index contributed by atoms with van der Waals surface area (Å²) < 4.78 is 13.4. The summed E-state index contributed by atoms with van der Waals surface area (Å²) in [6, 6.07) is 17.5. The Bertz CT molecular complexity index is 1360. The Balaban J connectivity index is 1.48. The van der Waals surface area contributed by atoms with Crippen LogP contribution in [0.15, 0.2) is 71.4 Å². The van der Waals surface area contributed by atoms with E-state index >= 15 is 0 Å². The van der Waals surface area contributed by atoms with Crippen molar-refractivity contribution >= 4 is 11.5 Å². The first-order chi connectivity index (χ1) is 15.8. The zero-order chi connectivity index (χ0) is 21.3. The fourth-order valence-corrected chi connectivity index (χ4v) is 3.77. The summed E-state index contributed by atoms with van der Waals surface area (Å²) in [4.78, 5) is 11.1. The molecule has 1 fully saturated rings. The van der Waals surface area contributed by atoms with E-state index in [-0.39, 0.29) is 0 Å². The molecule has 1 aliphatic heterocycles. The standard InChI is InChI=1S/C23H19N7O2/c1-2-4-17(5-3-1)22-26-27-23(32-22)19-15-21(29-10-12-31-13-11-29)30-20(25-19)14-18(28-30)16-6-8-24-9-7-16/h1-9,14-15H,10-13H2. The van der Waals surface area contributed by atoms with Gasteiger partial charge in [0, 0.05) is 48.7 Å². The quantitative estimate of drug-likeness (QED) is 0.433. The number of rotatable bonds is 4. The number of morpholine rings is 1. The van der Waals surface area contributed by atoms with Crippen molar-refractivity contribution in [3.8, 4) is 34.3 Å². The highest BCUT2D eigenvalue weighted by molar-refractivity contribution is 5.69. The van der Waals surface area contributed by atoms with Crippen LogP contribution in [0, 0.1) is 0 Å². The Morgan fingerprint density at radius 2 is 1.56 bits per heavy atom. The lowest BCUT2D eigenvalue weighted by atomic mass is 10.2. The number of benzene rings is 1. The molecule has 1 saturated heterocycles. The van der Waals surface area contributed by atoms with Crippen LogP contribution in [0.2, 0.25) is 0 Å². The maximum atomic E-state index is 5.97. The first kappa shape index (κ1) is 18.6. The Labute approximate surface area is 183 Å². The number of hydrogen-bond acceptors (Lipinski definition) is 8. The van der Waals surface area contributed by atoms with E-state index in [4.69, 9.17) is 19.2 Å². The third-order valence-corrected chi connectivity index (χ3v) is 5.38. The minimum absolute atomic E-state index is 0.368. The Kier molecular flexibility index (Phi) is 4.58. The predicted octanol–water partition coefficient (Wildman–Crippen LogP) is 3.34. The van der Waals surface area contributed by atoms with Gasteiger partial charge in [-0.25, -0.2) is 4.98 Å². The smallest absolute Gasteiger partial charge is 0.266 e. The van der Waals surface area contributed by atoms with Gasteiger partial charge in [-0.3, -0.25) is 4.98 Å². The van der Waals surface area contributed by atoms with E-state index < -0.39 is 0 Å². The molecule has 32 heavy (non-hydrogen) atoms. The van der Waals surface area contributed by atoms with E-state index in [1.165, 1.54) is 0 Å². The molecule has 0 N–H and O–H groups in total. The first-order valence-electron chi connectivity index (χ1n) is 10.4. The molecule has 4 aromatic heterocycles. The molecular formula is C23H19N7O2. The van der Waals surface area contributed by atoms with Crippen LogP contribution in [0.1, 0.15) is 0 Å². The molecule has 0 amide bonds. The van der Waals surface area contributed by atoms with Gasteiger partial charge in [-0.15, -0.1) is 10.2 Å². The van der Waals surface area contributed by atoms with Crippen LogP contribution < -0.4 is 4.90 Å². The van der Waals surface area contributed by atoms with E-state index in [1.807, 2.05) is 59.1 Å². The first-order valence-corrected chi connectivity index (χ1v) is 10.4. The van der Waals surface area contributed by atoms with Gasteiger partial charge in [0.1, 0.15) is 11.5 Å². The van der Waals surface area contributed by atoms with Gasteiger partial charge in [-0.2, -0.15) is 9.61 Å². The average Bonchev–Trinajstić information content (AvgIpc) is 3.53. The largest absolute Gasteiger partial charge is 0.415 e. The molecule has 1 aliphatic rings. The summed E-state index contributed by atoms with van der Waals surface area (Å²) >= 11 is 0. The summed E-state index contributed by atoms with van der Waals surface area (Å²) in [5, 5.41) is 13.3. The summed E-state index contributed by atoms with van der Waals surface area (Å²) in [5.41, 5.74) is 3.97. The number of fused-ring (bicyclic) bond motifs is 1. The molecule has 0 aliphatic carbocycles. The zero-order valence-corrected chi connectivity index (χ0v) is 17.1. The molecule has 0 unspecified atom stereocenters. The van der Waals surface area contributed by atoms with E-state index in [0.717, 1.165) is 35.7 Å². The van der Waals surface area contributed by atoms with Crippen LogP contribution in [-0.4, -0.2) is 56.1 Å². The minimum atomic E-state index is 0.368. The van der Waals surface area contributed by atoms with Gasteiger partial charge in [-0.1, -0.05) is 18.2 Å². The Hall–Kier alpha value is -4.11. The predicted molar refractivity (Wildman–Crippen MR) is 118 cm³/mol. The van der Waals surface area contributed by atoms with E-state index in [9.17, 15) is 0 Å². The van der Waals surface area contributed by atoms with Gasteiger partial charge in [0.05, 0.1) is 18.9 Å². The van der Waals surface area contributed by atoms with Crippen molar-refractivity contribution in [3.05, 3.63) is 67.0 Å². The van der Waals surface area contributed by atoms with Crippen LogP contribution >= 0.6 is 0 Å². The topological polar surface area (TPSA) is 94.5 Å². The van der Waals surface area contributed by atoms with Gasteiger partial charge in [-0.05, 0) is 24.3 Å². The Morgan fingerprint density at radius 1 is 0.781 bits per heavy atom. The molecule has 0 radical (unpaired) electrons. The molecule has 0 spiro atoms. The summed E-state index contributed by atoms with van der Waals surface area (Å²) in [6.45, 7) is 2.86. The van der Waals surface area contributed by atoms with Gasteiger partial charge in [0.2, 0.25) is 5.89 Å². The maximum absolute atomic E-state index is 5.97. The van der Waals surface area contributed by atoms with Crippen molar-refractivity contribution in [2.24, 2.45) is 0 Å². The lowest BCUT2D eigenvalue weighted by molar-refractivity contribution is 0.122. The molecular weight excluding hydrogens is 406 g/mol. The molecule has 9 heteroatoms. The van der Waals surface area contributed by atoms with Gasteiger partial charge < -0.3 is 14.1 Å². The average molecular weight is 425 g/mol. The second kappa shape index (κ2) is 7.86. The fraction of sp³-hybridized carbons (Fsp3) is 0.174. The van der Waals surface area contributed by atoms with E-state index in [0.29, 0.717) is 36.3 Å². The number of pyridine rings is 1. The molecule has 9 nitrogen and oxygen atoms in total. The molecule has 6 rings (SSSR count). The molecule has 0 saturated carbocycles.